The van der Waals surface area contributed by atoms with E-state index < -0.39 is 0 Å². The van der Waals surface area contributed by atoms with Crippen molar-refractivity contribution < 1.29 is 0 Å². The van der Waals surface area contributed by atoms with Gasteiger partial charge in [-0.05, 0) is 38.1 Å². The minimum absolute atomic E-state index is 0.832. The summed E-state index contributed by atoms with van der Waals surface area (Å²) in [6.45, 7) is 2.74. The van der Waals surface area contributed by atoms with Gasteiger partial charge < -0.3 is 0 Å². The fourth-order valence-corrected chi connectivity index (χ4v) is 3.39. The Labute approximate surface area is 96.4 Å². The summed E-state index contributed by atoms with van der Waals surface area (Å²) in [7, 11) is 0. The Morgan fingerprint density at radius 2 is 1.86 bits per heavy atom. The number of likely N-dealkylation sites (tertiary alicyclic amines) is 1. The highest BCUT2D eigenvalue weighted by atomic mass is 79.9. The van der Waals surface area contributed by atoms with Crippen LogP contribution in [0.25, 0.3) is 0 Å². The van der Waals surface area contributed by atoms with Crippen molar-refractivity contribution in [1.29, 1.82) is 0 Å². The molecule has 1 nitrogen and oxygen atoms in total. The zero-order valence-electron chi connectivity index (χ0n) is 9.05. The maximum absolute atomic E-state index is 3.67. The number of halogens is 1. The topological polar surface area (TPSA) is 3.24 Å². The van der Waals surface area contributed by atoms with Crippen LogP contribution in [0.4, 0.5) is 0 Å². The third-order valence-corrected chi connectivity index (χ3v) is 4.64. The van der Waals surface area contributed by atoms with Crippen molar-refractivity contribution in [3.63, 3.8) is 0 Å². The van der Waals surface area contributed by atoms with Gasteiger partial charge >= 0.3 is 0 Å². The van der Waals surface area contributed by atoms with Crippen molar-refractivity contribution in [2.24, 2.45) is 5.92 Å². The van der Waals surface area contributed by atoms with Gasteiger partial charge in [-0.2, -0.15) is 0 Å². The maximum Gasteiger partial charge on any atom is 0.0192 e. The van der Waals surface area contributed by atoms with Gasteiger partial charge in [0, 0.05) is 17.9 Å². The first-order valence-electron chi connectivity index (χ1n) is 6.20. The average molecular weight is 260 g/mol. The molecule has 1 aliphatic carbocycles. The first-order chi connectivity index (χ1) is 6.90. The minimum atomic E-state index is 0.832. The van der Waals surface area contributed by atoms with E-state index in [-0.39, 0.29) is 0 Å². The van der Waals surface area contributed by atoms with Crippen molar-refractivity contribution in [2.45, 2.75) is 51.0 Å². The summed E-state index contributed by atoms with van der Waals surface area (Å²) >= 11 is 3.67. The largest absolute Gasteiger partial charge is 0.299 e. The number of hydrogen-bond acceptors (Lipinski definition) is 1. The fraction of sp³-hybridized carbons (Fsp3) is 1.00. The Morgan fingerprint density at radius 1 is 1.00 bits per heavy atom. The Kier molecular flexibility index (Phi) is 4.30. The van der Waals surface area contributed by atoms with Crippen LogP contribution >= 0.6 is 15.9 Å². The molecule has 2 heteroatoms. The van der Waals surface area contributed by atoms with Crippen LogP contribution in [0.1, 0.15) is 44.9 Å². The average Bonchev–Trinajstić information content (AvgIpc) is 2.35. The van der Waals surface area contributed by atoms with E-state index in [1.165, 1.54) is 63.4 Å². The van der Waals surface area contributed by atoms with Crippen LogP contribution in [0.2, 0.25) is 0 Å². The second-order valence-corrected chi connectivity index (χ2v) is 5.60. The highest BCUT2D eigenvalue weighted by Gasteiger charge is 2.25. The lowest BCUT2D eigenvalue weighted by molar-refractivity contribution is 0.145. The summed E-state index contributed by atoms with van der Waals surface area (Å²) in [4.78, 5) is 2.76. The van der Waals surface area contributed by atoms with E-state index in [2.05, 4.69) is 20.8 Å². The van der Waals surface area contributed by atoms with Crippen LogP contribution in [0.3, 0.4) is 0 Å². The molecular formula is C12H22BrN. The van der Waals surface area contributed by atoms with E-state index in [9.17, 15) is 0 Å². The zero-order valence-corrected chi connectivity index (χ0v) is 10.6. The summed E-state index contributed by atoms with van der Waals surface area (Å²) < 4.78 is 0. The molecule has 1 saturated carbocycles. The van der Waals surface area contributed by atoms with Crippen LogP contribution in [0.5, 0.6) is 0 Å². The molecule has 1 saturated heterocycles. The highest BCUT2D eigenvalue weighted by molar-refractivity contribution is 9.09. The summed E-state index contributed by atoms with van der Waals surface area (Å²) in [5.74, 6) is 1.04. The molecule has 0 N–H and O–H groups in total. The predicted octanol–water partition coefficient (Wildman–Crippen LogP) is 3.43. The molecule has 1 aliphatic heterocycles. The molecule has 0 amide bonds. The van der Waals surface area contributed by atoms with Crippen molar-refractivity contribution in [3.05, 3.63) is 0 Å². The summed E-state index contributed by atoms with van der Waals surface area (Å²) in [6.07, 6.45) is 10.2. The second-order valence-electron chi connectivity index (χ2n) is 4.95. The molecule has 1 heterocycles. The lowest BCUT2D eigenvalue weighted by atomic mass is 9.85. The molecule has 14 heavy (non-hydrogen) atoms. The smallest absolute Gasteiger partial charge is 0.0192 e. The van der Waals surface area contributed by atoms with E-state index in [0.29, 0.717) is 0 Å². The lowest BCUT2D eigenvalue weighted by Crippen LogP contribution is -2.40. The van der Waals surface area contributed by atoms with Gasteiger partial charge in [0.2, 0.25) is 0 Å². The Hall–Kier alpha value is 0.440. The number of rotatable bonds is 3. The molecule has 2 rings (SSSR count). The van der Waals surface area contributed by atoms with Gasteiger partial charge in [-0.1, -0.05) is 35.2 Å². The van der Waals surface area contributed by atoms with Crippen molar-refractivity contribution in [3.8, 4) is 0 Å². The Morgan fingerprint density at radius 3 is 2.50 bits per heavy atom. The van der Waals surface area contributed by atoms with Crippen molar-refractivity contribution in [1.82, 2.24) is 4.90 Å². The van der Waals surface area contributed by atoms with Crippen LogP contribution in [-0.2, 0) is 0 Å². The van der Waals surface area contributed by atoms with Gasteiger partial charge in [0.15, 0.2) is 0 Å². The molecule has 0 radical (unpaired) electrons. The molecule has 0 bridgehead atoms. The van der Waals surface area contributed by atoms with Crippen LogP contribution in [0, 0.1) is 5.92 Å². The number of alkyl halides is 1. The van der Waals surface area contributed by atoms with E-state index in [1.54, 1.807) is 0 Å². The van der Waals surface area contributed by atoms with Crippen molar-refractivity contribution >= 4 is 15.9 Å². The van der Waals surface area contributed by atoms with Gasteiger partial charge in [0.25, 0.3) is 0 Å². The molecule has 2 aliphatic rings. The summed E-state index contributed by atoms with van der Waals surface area (Å²) in [5.41, 5.74) is 0. The normalized spacial score (nSPS) is 31.1. The van der Waals surface area contributed by atoms with Crippen molar-refractivity contribution in [2.75, 3.05) is 18.4 Å². The first-order valence-corrected chi connectivity index (χ1v) is 7.32. The van der Waals surface area contributed by atoms with Crippen LogP contribution in [-0.4, -0.2) is 29.4 Å². The molecular weight excluding hydrogens is 238 g/mol. The summed E-state index contributed by atoms with van der Waals surface area (Å²) in [6, 6.07) is 0.832. The second kappa shape index (κ2) is 5.50. The quantitative estimate of drug-likeness (QED) is 0.703. The van der Waals surface area contributed by atoms with Crippen LogP contribution in [0.15, 0.2) is 0 Å². The minimum Gasteiger partial charge on any atom is -0.299 e. The molecule has 0 spiro atoms. The molecule has 1 unspecified atom stereocenters. The standard InChI is InChI=1S/C12H22BrN/c13-9-12-7-2-1-3-8-14(12)10-11-5-4-6-11/h11-12H,1-10H2. The summed E-state index contributed by atoms with van der Waals surface area (Å²) in [5, 5.41) is 1.18. The highest BCUT2D eigenvalue weighted by Crippen LogP contribution is 2.29. The molecule has 0 aromatic rings. The maximum atomic E-state index is 3.67. The Bertz CT molecular complexity index is 168. The third-order valence-electron chi connectivity index (χ3n) is 3.89. The SMILES string of the molecule is BrCC1CCCCCN1CC1CCC1. The van der Waals surface area contributed by atoms with E-state index >= 15 is 0 Å². The van der Waals surface area contributed by atoms with Gasteiger partial charge in [-0.25, -0.2) is 0 Å². The van der Waals surface area contributed by atoms with Gasteiger partial charge in [-0.15, -0.1) is 0 Å². The number of hydrogen-bond donors (Lipinski definition) is 0. The van der Waals surface area contributed by atoms with Crippen LogP contribution < -0.4 is 0 Å². The fourth-order valence-electron chi connectivity index (χ4n) is 2.66. The molecule has 1 atom stereocenters. The number of nitrogens with zero attached hydrogens (tertiary/aromatic N) is 1. The van der Waals surface area contributed by atoms with Gasteiger partial charge in [-0.3, -0.25) is 4.90 Å². The predicted molar refractivity (Wildman–Crippen MR) is 65.0 cm³/mol. The van der Waals surface area contributed by atoms with E-state index in [0.717, 1.165) is 12.0 Å². The Balaban J connectivity index is 1.83. The first kappa shape index (κ1) is 10.9. The molecule has 0 aromatic carbocycles. The molecule has 82 valence electrons. The molecule has 0 aromatic heterocycles. The molecule has 2 fully saturated rings. The van der Waals surface area contributed by atoms with E-state index in [4.69, 9.17) is 0 Å². The zero-order chi connectivity index (χ0) is 9.80. The lowest BCUT2D eigenvalue weighted by Gasteiger charge is -2.35. The monoisotopic (exact) mass is 259 g/mol. The van der Waals surface area contributed by atoms with E-state index in [1.807, 2.05) is 0 Å². The van der Waals surface area contributed by atoms with Gasteiger partial charge in [0.05, 0.1) is 0 Å². The third kappa shape index (κ3) is 2.73. The van der Waals surface area contributed by atoms with Gasteiger partial charge in [0.1, 0.15) is 0 Å².